The van der Waals surface area contributed by atoms with Gasteiger partial charge in [0.15, 0.2) is 0 Å². The smallest absolute Gasteiger partial charge is 0.255 e. The summed E-state index contributed by atoms with van der Waals surface area (Å²) in [5, 5.41) is 12.0. The van der Waals surface area contributed by atoms with Crippen LogP contribution in [0, 0.1) is 6.92 Å². The van der Waals surface area contributed by atoms with Crippen LogP contribution in [0.25, 0.3) is 0 Å². The van der Waals surface area contributed by atoms with Crippen molar-refractivity contribution in [2.45, 2.75) is 19.9 Å². The third-order valence-corrected chi connectivity index (χ3v) is 2.79. The van der Waals surface area contributed by atoms with Crippen LogP contribution in [0.15, 0.2) is 18.2 Å². The van der Waals surface area contributed by atoms with Crippen LogP contribution in [0.1, 0.15) is 11.1 Å². The summed E-state index contributed by atoms with van der Waals surface area (Å²) >= 11 is 0. The average Bonchev–Trinajstić information content (AvgIpc) is 2.31. The summed E-state index contributed by atoms with van der Waals surface area (Å²) in [5.74, 6) is 0. The lowest BCUT2D eigenvalue weighted by molar-refractivity contribution is 0.153. The van der Waals surface area contributed by atoms with E-state index in [0.29, 0.717) is 0 Å². The minimum atomic E-state index is -2.41. The molecule has 0 fully saturated rings. The molecule has 102 valence electrons. The van der Waals surface area contributed by atoms with Crippen molar-refractivity contribution in [2.75, 3.05) is 31.6 Å². The molecule has 0 aliphatic carbocycles. The molecule has 0 aliphatic heterocycles. The molecule has 5 heteroatoms. The fourth-order valence-corrected chi connectivity index (χ4v) is 1.88. The van der Waals surface area contributed by atoms with Crippen LogP contribution in [-0.2, 0) is 6.54 Å². The van der Waals surface area contributed by atoms with E-state index in [1.165, 1.54) is 4.90 Å². The van der Waals surface area contributed by atoms with Crippen LogP contribution in [0.3, 0.4) is 0 Å². The van der Waals surface area contributed by atoms with Crippen LogP contribution >= 0.6 is 0 Å². The number of alkyl halides is 2. The van der Waals surface area contributed by atoms with Crippen molar-refractivity contribution in [3.8, 4) is 0 Å². The van der Waals surface area contributed by atoms with Gasteiger partial charge in [0.25, 0.3) is 6.43 Å². The zero-order valence-corrected chi connectivity index (χ0v) is 10.8. The van der Waals surface area contributed by atoms with Gasteiger partial charge in [0, 0.05) is 18.8 Å². The first-order chi connectivity index (χ1) is 8.58. The Labute approximate surface area is 106 Å². The first kappa shape index (κ1) is 14.9. The summed E-state index contributed by atoms with van der Waals surface area (Å²) in [6.45, 7) is 2.43. The molecule has 1 rings (SSSR count). The molecule has 0 unspecified atom stereocenters. The predicted octanol–water partition coefficient (Wildman–Crippen LogP) is 1.78. The number of rotatable bonds is 7. The van der Waals surface area contributed by atoms with Gasteiger partial charge < -0.3 is 15.3 Å². The number of nitrogens with one attached hydrogen (secondary N) is 1. The highest BCUT2D eigenvalue weighted by atomic mass is 19.3. The minimum absolute atomic E-state index is 0.135. The maximum atomic E-state index is 12.5. The highest BCUT2D eigenvalue weighted by Gasteiger charge is 2.13. The van der Waals surface area contributed by atoms with Crippen molar-refractivity contribution < 1.29 is 13.9 Å². The normalized spacial score (nSPS) is 11.0. The number of aryl methyl sites for hydroxylation is 1. The van der Waals surface area contributed by atoms with Gasteiger partial charge in [0.05, 0.1) is 13.2 Å². The molecule has 0 atom stereocenters. The Morgan fingerprint density at radius 3 is 2.61 bits per heavy atom. The highest BCUT2D eigenvalue weighted by molar-refractivity contribution is 5.51. The van der Waals surface area contributed by atoms with Crippen LogP contribution in [-0.4, -0.2) is 38.3 Å². The molecule has 0 saturated heterocycles. The molecule has 3 nitrogen and oxygen atoms in total. The van der Waals surface area contributed by atoms with Crippen LogP contribution < -0.4 is 10.2 Å². The summed E-state index contributed by atoms with van der Waals surface area (Å²) in [7, 11) is 1.86. The van der Waals surface area contributed by atoms with Gasteiger partial charge in [-0.05, 0) is 37.2 Å². The van der Waals surface area contributed by atoms with E-state index in [2.05, 4.69) is 5.32 Å². The maximum Gasteiger partial charge on any atom is 0.255 e. The second kappa shape index (κ2) is 7.28. The number of benzene rings is 1. The van der Waals surface area contributed by atoms with Crippen molar-refractivity contribution in [2.24, 2.45) is 0 Å². The number of aliphatic hydroxyl groups excluding tert-OH is 1. The molecule has 0 amide bonds. The van der Waals surface area contributed by atoms with Crippen molar-refractivity contribution in [1.29, 1.82) is 0 Å². The Bertz CT molecular complexity index is 372. The fourth-order valence-electron chi connectivity index (χ4n) is 1.88. The molecule has 0 radical (unpaired) electrons. The molecular weight excluding hydrogens is 238 g/mol. The van der Waals surface area contributed by atoms with Gasteiger partial charge >= 0.3 is 0 Å². The summed E-state index contributed by atoms with van der Waals surface area (Å²) in [5.41, 5.74) is 2.92. The summed E-state index contributed by atoms with van der Waals surface area (Å²) in [4.78, 5) is 1.50. The summed E-state index contributed by atoms with van der Waals surface area (Å²) in [6.07, 6.45) is -2.41. The molecular formula is C13H20F2N2O. The number of hydrogen-bond donors (Lipinski definition) is 2. The Kier molecular flexibility index (Phi) is 6.01. The molecule has 18 heavy (non-hydrogen) atoms. The molecule has 0 aliphatic rings. The van der Waals surface area contributed by atoms with Crippen molar-refractivity contribution in [3.63, 3.8) is 0 Å². The van der Waals surface area contributed by atoms with Crippen molar-refractivity contribution in [3.05, 3.63) is 29.3 Å². The number of nitrogens with zero attached hydrogens (tertiary/aromatic N) is 1. The maximum absolute atomic E-state index is 12.5. The van der Waals surface area contributed by atoms with Crippen LogP contribution in [0.2, 0.25) is 0 Å². The zero-order valence-electron chi connectivity index (χ0n) is 10.8. The Morgan fingerprint density at radius 2 is 2.11 bits per heavy atom. The predicted molar refractivity (Wildman–Crippen MR) is 69.2 cm³/mol. The topological polar surface area (TPSA) is 35.5 Å². The molecule has 1 aromatic rings. The Balaban J connectivity index is 2.88. The van der Waals surface area contributed by atoms with Gasteiger partial charge in [-0.25, -0.2) is 8.78 Å². The first-order valence-electron chi connectivity index (χ1n) is 5.96. The number of halogens is 2. The quantitative estimate of drug-likeness (QED) is 0.782. The lowest BCUT2D eigenvalue weighted by Gasteiger charge is -2.24. The monoisotopic (exact) mass is 258 g/mol. The molecule has 0 heterocycles. The number of hydrogen-bond acceptors (Lipinski definition) is 3. The second-order valence-corrected chi connectivity index (χ2v) is 4.20. The second-order valence-electron chi connectivity index (χ2n) is 4.20. The van der Waals surface area contributed by atoms with E-state index in [1.807, 2.05) is 32.2 Å². The van der Waals surface area contributed by atoms with Crippen molar-refractivity contribution in [1.82, 2.24) is 5.32 Å². The third kappa shape index (κ3) is 4.23. The Morgan fingerprint density at radius 1 is 1.39 bits per heavy atom. The fraction of sp³-hybridized carbons (Fsp3) is 0.538. The van der Waals surface area contributed by atoms with Gasteiger partial charge in [-0.15, -0.1) is 0 Å². The number of anilines is 1. The number of aliphatic hydroxyl groups is 1. The molecule has 0 spiro atoms. The molecule has 1 aromatic carbocycles. The highest BCUT2D eigenvalue weighted by Crippen LogP contribution is 2.20. The zero-order chi connectivity index (χ0) is 13.5. The minimum Gasteiger partial charge on any atom is -0.395 e. The van der Waals surface area contributed by atoms with E-state index in [9.17, 15) is 8.78 Å². The molecule has 0 aromatic heterocycles. The third-order valence-electron chi connectivity index (χ3n) is 2.79. The average molecular weight is 258 g/mol. The van der Waals surface area contributed by atoms with Gasteiger partial charge in [-0.2, -0.15) is 0 Å². The molecule has 2 N–H and O–H groups in total. The van der Waals surface area contributed by atoms with E-state index in [1.54, 1.807) is 0 Å². The first-order valence-corrected chi connectivity index (χ1v) is 5.96. The van der Waals surface area contributed by atoms with Gasteiger partial charge in [0.2, 0.25) is 0 Å². The largest absolute Gasteiger partial charge is 0.395 e. The van der Waals surface area contributed by atoms with E-state index in [-0.39, 0.29) is 19.7 Å². The van der Waals surface area contributed by atoms with Crippen LogP contribution in [0.4, 0.5) is 14.5 Å². The van der Waals surface area contributed by atoms with Crippen LogP contribution in [0.5, 0.6) is 0 Å². The van der Waals surface area contributed by atoms with E-state index < -0.39 is 6.43 Å². The van der Waals surface area contributed by atoms with Gasteiger partial charge in [-0.1, -0.05) is 6.07 Å². The molecule has 0 bridgehead atoms. The van der Waals surface area contributed by atoms with E-state index in [4.69, 9.17) is 5.11 Å². The van der Waals surface area contributed by atoms with E-state index >= 15 is 0 Å². The van der Waals surface area contributed by atoms with Gasteiger partial charge in [0.1, 0.15) is 0 Å². The summed E-state index contributed by atoms with van der Waals surface area (Å²) in [6, 6.07) is 5.62. The van der Waals surface area contributed by atoms with Crippen molar-refractivity contribution >= 4 is 5.69 Å². The SMILES string of the molecule is CNCc1ccc(N(CCO)CC(F)F)cc1C. The Hall–Kier alpha value is -1.20. The molecule has 0 saturated carbocycles. The van der Waals surface area contributed by atoms with E-state index in [0.717, 1.165) is 23.4 Å². The standard InChI is InChI=1S/C13H20F2N2O/c1-10-7-12(4-3-11(10)8-16-2)17(5-6-18)9-13(14)15/h3-4,7,13,16,18H,5-6,8-9H2,1-2H3. The summed E-state index contributed by atoms with van der Waals surface area (Å²) < 4.78 is 24.9. The lowest BCUT2D eigenvalue weighted by Crippen LogP contribution is -2.31. The lowest BCUT2D eigenvalue weighted by atomic mass is 10.1. The van der Waals surface area contributed by atoms with Gasteiger partial charge in [-0.3, -0.25) is 0 Å².